The van der Waals surface area contributed by atoms with Gasteiger partial charge in [-0.1, -0.05) is 29.8 Å². The predicted octanol–water partition coefficient (Wildman–Crippen LogP) is 2.50. The molecule has 1 saturated carbocycles. The predicted molar refractivity (Wildman–Crippen MR) is 104 cm³/mol. The molecule has 8 heteroatoms. The van der Waals surface area contributed by atoms with Crippen molar-refractivity contribution >= 4 is 11.6 Å². The van der Waals surface area contributed by atoms with Crippen LogP contribution in [0.25, 0.3) is 5.69 Å². The van der Waals surface area contributed by atoms with Crippen molar-refractivity contribution < 1.29 is 9.53 Å². The van der Waals surface area contributed by atoms with Gasteiger partial charge >= 0.3 is 0 Å². The van der Waals surface area contributed by atoms with Gasteiger partial charge in [-0.05, 0) is 54.0 Å². The fraction of sp³-hybridized carbons (Fsp3) is 0.300. The maximum atomic E-state index is 12.6. The van der Waals surface area contributed by atoms with E-state index in [0.29, 0.717) is 23.0 Å². The molecule has 1 atom stereocenters. The lowest BCUT2D eigenvalue weighted by molar-refractivity contribution is -0.117. The first kappa shape index (κ1) is 18.1. The summed E-state index contributed by atoms with van der Waals surface area (Å²) in [4.78, 5) is 12.6. The fourth-order valence-corrected chi connectivity index (χ4v) is 3.04. The molecule has 1 aliphatic carbocycles. The van der Waals surface area contributed by atoms with E-state index in [1.165, 1.54) is 0 Å². The van der Waals surface area contributed by atoms with Crippen LogP contribution in [0.15, 0.2) is 42.5 Å². The van der Waals surface area contributed by atoms with Gasteiger partial charge in [0.25, 0.3) is 0 Å². The summed E-state index contributed by atoms with van der Waals surface area (Å²) in [6.07, 6.45) is 2.15. The van der Waals surface area contributed by atoms with Crippen LogP contribution in [0.2, 0.25) is 0 Å². The third kappa shape index (κ3) is 3.59. The maximum absolute atomic E-state index is 12.6. The number of hydrogen-bond acceptors (Lipinski definition) is 6. The molecule has 1 heterocycles. The zero-order valence-electron chi connectivity index (χ0n) is 15.8. The second-order valence-electron chi connectivity index (χ2n) is 6.99. The lowest BCUT2D eigenvalue weighted by atomic mass is 10.1. The van der Waals surface area contributed by atoms with Crippen LogP contribution in [0.3, 0.4) is 0 Å². The van der Waals surface area contributed by atoms with Crippen molar-refractivity contribution in [2.24, 2.45) is 5.73 Å². The first-order valence-electron chi connectivity index (χ1n) is 9.16. The number of nitrogens with two attached hydrogens (primary N) is 1. The van der Waals surface area contributed by atoms with Gasteiger partial charge in [0.15, 0.2) is 5.82 Å². The van der Waals surface area contributed by atoms with Crippen LogP contribution < -0.4 is 15.8 Å². The number of aryl methyl sites for hydroxylation is 1. The molecular formula is C20H22N6O2. The number of anilines is 1. The van der Waals surface area contributed by atoms with Gasteiger partial charge in [-0.3, -0.25) is 4.79 Å². The molecule has 144 valence electrons. The van der Waals surface area contributed by atoms with Crippen LogP contribution in [0.1, 0.15) is 41.8 Å². The van der Waals surface area contributed by atoms with Gasteiger partial charge in [0.2, 0.25) is 5.91 Å². The molecule has 1 aliphatic rings. The zero-order valence-corrected chi connectivity index (χ0v) is 15.8. The van der Waals surface area contributed by atoms with Crippen LogP contribution in [0.4, 0.5) is 5.69 Å². The summed E-state index contributed by atoms with van der Waals surface area (Å²) >= 11 is 0. The molecule has 1 fully saturated rings. The highest BCUT2D eigenvalue weighted by Gasteiger charge is 2.30. The lowest BCUT2D eigenvalue weighted by Gasteiger charge is -2.15. The Morgan fingerprint density at radius 3 is 2.68 bits per heavy atom. The van der Waals surface area contributed by atoms with Crippen molar-refractivity contribution in [3.05, 3.63) is 59.4 Å². The van der Waals surface area contributed by atoms with E-state index in [2.05, 4.69) is 20.8 Å². The fourth-order valence-electron chi connectivity index (χ4n) is 3.04. The van der Waals surface area contributed by atoms with E-state index in [1.807, 2.05) is 31.2 Å². The monoisotopic (exact) mass is 378 g/mol. The Balaban J connectivity index is 1.59. The van der Waals surface area contributed by atoms with Crippen molar-refractivity contribution in [3.8, 4) is 11.4 Å². The average molecular weight is 378 g/mol. The van der Waals surface area contributed by atoms with E-state index in [9.17, 15) is 4.79 Å². The number of carbonyl (C=O) groups excluding carboxylic acids is 1. The van der Waals surface area contributed by atoms with Gasteiger partial charge in [-0.25, -0.2) is 0 Å². The van der Waals surface area contributed by atoms with Crippen LogP contribution >= 0.6 is 0 Å². The number of rotatable bonds is 6. The molecule has 1 aromatic heterocycles. The van der Waals surface area contributed by atoms with E-state index in [4.69, 9.17) is 10.5 Å². The first-order valence-corrected chi connectivity index (χ1v) is 9.16. The van der Waals surface area contributed by atoms with Crippen molar-refractivity contribution in [2.75, 3.05) is 12.4 Å². The molecule has 0 saturated heterocycles. The van der Waals surface area contributed by atoms with Crippen molar-refractivity contribution in [3.63, 3.8) is 0 Å². The number of methoxy groups -OCH3 is 1. The van der Waals surface area contributed by atoms with E-state index in [1.54, 1.807) is 30.0 Å². The number of nitrogens with zero attached hydrogens (tertiary/aromatic N) is 4. The topological polar surface area (TPSA) is 108 Å². The summed E-state index contributed by atoms with van der Waals surface area (Å²) in [6.45, 7) is 1.99. The molecule has 3 N–H and O–H groups in total. The second kappa shape index (κ2) is 7.40. The number of tetrazole rings is 1. The Morgan fingerprint density at radius 2 is 2.00 bits per heavy atom. The van der Waals surface area contributed by atoms with Gasteiger partial charge in [-0.15, -0.1) is 5.10 Å². The number of benzene rings is 2. The summed E-state index contributed by atoms with van der Waals surface area (Å²) in [5.41, 5.74) is 9.27. The Hall–Kier alpha value is -3.26. The van der Waals surface area contributed by atoms with Crippen molar-refractivity contribution in [2.45, 2.75) is 31.7 Å². The smallest absolute Gasteiger partial charge is 0.245 e. The second-order valence-corrected chi connectivity index (χ2v) is 6.99. The number of nitrogens with one attached hydrogen (secondary N) is 1. The molecule has 0 radical (unpaired) electrons. The Labute approximate surface area is 162 Å². The zero-order chi connectivity index (χ0) is 19.7. The minimum Gasteiger partial charge on any atom is -0.494 e. The van der Waals surface area contributed by atoms with Gasteiger partial charge < -0.3 is 15.8 Å². The molecule has 1 unspecified atom stereocenters. The first-order chi connectivity index (χ1) is 13.6. The van der Waals surface area contributed by atoms with Gasteiger partial charge in [0, 0.05) is 11.6 Å². The van der Waals surface area contributed by atoms with Gasteiger partial charge in [0.05, 0.1) is 7.11 Å². The summed E-state index contributed by atoms with van der Waals surface area (Å²) in [6, 6.07) is 12.2. The Kier molecular flexibility index (Phi) is 4.79. The highest BCUT2D eigenvalue weighted by atomic mass is 16.5. The van der Waals surface area contributed by atoms with E-state index in [0.717, 1.165) is 29.8 Å². The van der Waals surface area contributed by atoms with Crippen molar-refractivity contribution in [1.82, 2.24) is 20.2 Å². The standard InChI is InChI=1S/C20H22N6O2/c1-12-3-5-13(6-4-12)18(21)20(27)22-15-9-10-17(28-2)16(11-15)26-19(14-7-8-14)23-24-25-26/h3-6,9-11,14,18H,7-8,21H2,1-2H3,(H,22,27). The largest absolute Gasteiger partial charge is 0.494 e. The van der Waals surface area contributed by atoms with Gasteiger partial charge in [-0.2, -0.15) is 4.68 Å². The van der Waals surface area contributed by atoms with E-state index >= 15 is 0 Å². The highest BCUT2D eigenvalue weighted by molar-refractivity contribution is 5.95. The van der Waals surface area contributed by atoms with Crippen LogP contribution in [0, 0.1) is 6.92 Å². The normalized spacial score (nSPS) is 14.5. The average Bonchev–Trinajstić information content (AvgIpc) is 3.44. The molecule has 3 aromatic rings. The Bertz CT molecular complexity index is 994. The summed E-state index contributed by atoms with van der Waals surface area (Å²) < 4.78 is 7.13. The maximum Gasteiger partial charge on any atom is 0.245 e. The van der Waals surface area contributed by atoms with E-state index in [-0.39, 0.29) is 5.91 Å². The number of aromatic nitrogens is 4. The molecule has 28 heavy (non-hydrogen) atoms. The summed E-state index contributed by atoms with van der Waals surface area (Å²) in [5, 5.41) is 14.9. The molecule has 1 amide bonds. The number of ether oxygens (including phenoxy) is 1. The van der Waals surface area contributed by atoms with Crippen LogP contribution in [-0.4, -0.2) is 33.2 Å². The quantitative estimate of drug-likeness (QED) is 0.682. The minimum absolute atomic E-state index is 0.292. The Morgan fingerprint density at radius 1 is 1.25 bits per heavy atom. The minimum atomic E-state index is -0.763. The van der Waals surface area contributed by atoms with Crippen LogP contribution in [0.5, 0.6) is 5.75 Å². The third-order valence-corrected chi connectivity index (χ3v) is 4.83. The highest BCUT2D eigenvalue weighted by Crippen LogP contribution is 2.40. The third-order valence-electron chi connectivity index (χ3n) is 4.83. The molecule has 2 aromatic carbocycles. The number of carbonyl (C=O) groups is 1. The number of hydrogen-bond donors (Lipinski definition) is 2. The molecule has 0 aliphatic heterocycles. The molecule has 0 bridgehead atoms. The van der Waals surface area contributed by atoms with E-state index < -0.39 is 6.04 Å². The lowest BCUT2D eigenvalue weighted by Crippen LogP contribution is -2.27. The molecule has 8 nitrogen and oxygen atoms in total. The molecule has 0 spiro atoms. The number of amides is 1. The molecular weight excluding hydrogens is 356 g/mol. The van der Waals surface area contributed by atoms with Gasteiger partial charge in [0.1, 0.15) is 17.5 Å². The SMILES string of the molecule is COc1ccc(NC(=O)C(N)c2ccc(C)cc2)cc1-n1nnnc1C1CC1. The van der Waals surface area contributed by atoms with Crippen LogP contribution in [-0.2, 0) is 4.79 Å². The molecule has 4 rings (SSSR count). The van der Waals surface area contributed by atoms with Crippen molar-refractivity contribution in [1.29, 1.82) is 0 Å². The summed E-state index contributed by atoms with van der Waals surface area (Å²) in [7, 11) is 1.59. The summed E-state index contributed by atoms with van der Waals surface area (Å²) in [5.74, 6) is 1.50.